The zero-order chi connectivity index (χ0) is 16.1. The van der Waals surface area contributed by atoms with Crippen molar-refractivity contribution < 1.29 is 19.0 Å². The van der Waals surface area contributed by atoms with E-state index >= 15 is 0 Å². The largest absolute Gasteiger partial charge is 0.491 e. The van der Waals surface area contributed by atoms with E-state index in [0.29, 0.717) is 16.9 Å². The van der Waals surface area contributed by atoms with E-state index in [1.54, 1.807) is 38.4 Å². The molecule has 0 radical (unpaired) electrons. The number of hydrogen-bond donors (Lipinski definition) is 1. The Labute approximate surface area is 128 Å². The molecule has 2 aromatic carbocycles. The van der Waals surface area contributed by atoms with Gasteiger partial charge in [0, 0.05) is 19.7 Å². The van der Waals surface area contributed by atoms with Crippen molar-refractivity contribution in [3.63, 3.8) is 0 Å². The van der Waals surface area contributed by atoms with E-state index in [2.05, 4.69) is 0 Å². The summed E-state index contributed by atoms with van der Waals surface area (Å²) < 4.78 is 18.3. The standard InChI is InChI=1S/C17H18FNO3/c1-19(2)17(21)13-5-9-15(10-6-13)22-11-16(20)12-3-7-14(18)8-4-12/h3-10,16,20H,11H2,1-2H3. The van der Waals surface area contributed by atoms with Gasteiger partial charge in [0.1, 0.15) is 24.3 Å². The van der Waals surface area contributed by atoms with Gasteiger partial charge in [0.2, 0.25) is 0 Å². The summed E-state index contributed by atoms with van der Waals surface area (Å²) >= 11 is 0. The van der Waals surface area contributed by atoms with Crippen LogP contribution in [0, 0.1) is 5.82 Å². The van der Waals surface area contributed by atoms with Crippen LogP contribution < -0.4 is 4.74 Å². The molecule has 0 fully saturated rings. The minimum atomic E-state index is -0.844. The Hall–Kier alpha value is -2.40. The van der Waals surface area contributed by atoms with Gasteiger partial charge in [-0.2, -0.15) is 0 Å². The van der Waals surface area contributed by atoms with Crippen molar-refractivity contribution in [2.45, 2.75) is 6.10 Å². The Bertz CT molecular complexity index is 623. The predicted molar refractivity (Wildman–Crippen MR) is 81.3 cm³/mol. The zero-order valence-electron chi connectivity index (χ0n) is 12.5. The summed E-state index contributed by atoms with van der Waals surface area (Å²) in [5.74, 6) is 0.118. The smallest absolute Gasteiger partial charge is 0.253 e. The molecule has 0 aromatic heterocycles. The van der Waals surface area contributed by atoms with Gasteiger partial charge in [-0.05, 0) is 42.0 Å². The lowest BCUT2D eigenvalue weighted by atomic mass is 10.1. The van der Waals surface area contributed by atoms with E-state index in [9.17, 15) is 14.3 Å². The first-order valence-electron chi connectivity index (χ1n) is 6.85. The summed E-state index contributed by atoms with van der Waals surface area (Å²) in [6.45, 7) is 0.0482. The third-order valence-electron chi connectivity index (χ3n) is 3.17. The number of halogens is 1. The molecule has 2 rings (SSSR count). The van der Waals surface area contributed by atoms with Crippen LogP contribution in [0.5, 0.6) is 5.75 Å². The molecule has 0 aliphatic heterocycles. The Balaban J connectivity index is 1.94. The molecule has 1 atom stereocenters. The number of aliphatic hydroxyl groups is 1. The Morgan fingerprint density at radius 3 is 2.27 bits per heavy atom. The number of carbonyl (C=O) groups excluding carboxylic acids is 1. The van der Waals surface area contributed by atoms with Crippen molar-refractivity contribution in [1.29, 1.82) is 0 Å². The van der Waals surface area contributed by atoms with Crippen molar-refractivity contribution >= 4 is 5.91 Å². The van der Waals surface area contributed by atoms with Crippen molar-refractivity contribution in [2.24, 2.45) is 0 Å². The van der Waals surface area contributed by atoms with E-state index in [4.69, 9.17) is 4.74 Å². The number of amides is 1. The topological polar surface area (TPSA) is 49.8 Å². The lowest BCUT2D eigenvalue weighted by molar-refractivity contribution is 0.0827. The van der Waals surface area contributed by atoms with Gasteiger partial charge in [0.15, 0.2) is 0 Å². The van der Waals surface area contributed by atoms with Crippen LogP contribution in [-0.2, 0) is 0 Å². The Kier molecular flexibility index (Phi) is 5.12. The summed E-state index contributed by atoms with van der Waals surface area (Å²) in [5.41, 5.74) is 1.15. The number of aliphatic hydroxyl groups excluding tert-OH is 1. The van der Waals surface area contributed by atoms with Crippen LogP contribution in [0.15, 0.2) is 48.5 Å². The highest BCUT2D eigenvalue weighted by molar-refractivity contribution is 5.93. The Morgan fingerprint density at radius 2 is 1.73 bits per heavy atom. The summed E-state index contributed by atoms with van der Waals surface area (Å²) in [4.78, 5) is 13.2. The molecule has 0 aliphatic rings. The quantitative estimate of drug-likeness (QED) is 0.924. The number of nitrogens with zero attached hydrogens (tertiary/aromatic N) is 1. The van der Waals surface area contributed by atoms with Crippen LogP contribution >= 0.6 is 0 Å². The maximum atomic E-state index is 12.8. The molecule has 1 amide bonds. The van der Waals surface area contributed by atoms with Crippen molar-refractivity contribution in [2.75, 3.05) is 20.7 Å². The normalized spacial score (nSPS) is 11.8. The van der Waals surface area contributed by atoms with Crippen LogP contribution in [0.2, 0.25) is 0 Å². The van der Waals surface area contributed by atoms with E-state index in [1.165, 1.54) is 29.2 Å². The Morgan fingerprint density at radius 1 is 1.14 bits per heavy atom. The van der Waals surface area contributed by atoms with Gasteiger partial charge in [0.05, 0.1) is 0 Å². The van der Waals surface area contributed by atoms with Crippen LogP contribution in [0.4, 0.5) is 4.39 Å². The third-order valence-corrected chi connectivity index (χ3v) is 3.17. The maximum Gasteiger partial charge on any atom is 0.253 e. The molecule has 1 N–H and O–H groups in total. The van der Waals surface area contributed by atoms with E-state index in [1.807, 2.05) is 0 Å². The molecule has 5 heteroatoms. The minimum absolute atomic E-state index is 0.0482. The van der Waals surface area contributed by atoms with Crippen LogP contribution in [-0.4, -0.2) is 36.6 Å². The number of rotatable bonds is 5. The van der Waals surface area contributed by atoms with Crippen molar-refractivity contribution in [3.8, 4) is 5.75 Å². The monoisotopic (exact) mass is 303 g/mol. The van der Waals surface area contributed by atoms with Crippen LogP contribution in [0.3, 0.4) is 0 Å². The molecular weight excluding hydrogens is 285 g/mol. The van der Waals surface area contributed by atoms with E-state index in [-0.39, 0.29) is 18.3 Å². The first-order chi connectivity index (χ1) is 10.5. The molecular formula is C17H18FNO3. The second-order valence-corrected chi connectivity index (χ2v) is 5.10. The predicted octanol–water partition coefficient (Wildman–Crippen LogP) is 2.64. The van der Waals surface area contributed by atoms with Gasteiger partial charge in [-0.3, -0.25) is 4.79 Å². The number of carbonyl (C=O) groups is 1. The molecule has 1 unspecified atom stereocenters. The van der Waals surface area contributed by atoms with Crippen LogP contribution in [0.1, 0.15) is 22.0 Å². The summed E-state index contributed by atoms with van der Waals surface area (Å²) in [7, 11) is 3.37. The number of benzene rings is 2. The maximum absolute atomic E-state index is 12.8. The van der Waals surface area contributed by atoms with Gasteiger partial charge >= 0.3 is 0 Å². The van der Waals surface area contributed by atoms with Gasteiger partial charge in [-0.25, -0.2) is 4.39 Å². The SMILES string of the molecule is CN(C)C(=O)c1ccc(OCC(O)c2ccc(F)cc2)cc1. The molecule has 0 spiro atoms. The second kappa shape index (κ2) is 7.04. The second-order valence-electron chi connectivity index (χ2n) is 5.10. The molecule has 22 heavy (non-hydrogen) atoms. The van der Waals surface area contributed by atoms with Crippen LogP contribution in [0.25, 0.3) is 0 Å². The summed E-state index contributed by atoms with van der Waals surface area (Å²) in [6, 6.07) is 12.3. The van der Waals surface area contributed by atoms with Crippen molar-refractivity contribution in [1.82, 2.24) is 4.90 Å². The molecule has 0 saturated carbocycles. The first-order valence-corrected chi connectivity index (χ1v) is 6.85. The van der Waals surface area contributed by atoms with Gasteiger partial charge in [0.25, 0.3) is 5.91 Å². The van der Waals surface area contributed by atoms with Gasteiger partial charge in [-0.1, -0.05) is 12.1 Å². The molecule has 2 aromatic rings. The molecule has 116 valence electrons. The first kappa shape index (κ1) is 16.0. The molecule has 0 aliphatic carbocycles. The average molecular weight is 303 g/mol. The highest BCUT2D eigenvalue weighted by Crippen LogP contribution is 2.18. The van der Waals surface area contributed by atoms with Crippen molar-refractivity contribution in [3.05, 3.63) is 65.5 Å². The average Bonchev–Trinajstić information content (AvgIpc) is 2.53. The molecule has 4 nitrogen and oxygen atoms in total. The zero-order valence-corrected chi connectivity index (χ0v) is 12.5. The fourth-order valence-electron chi connectivity index (χ4n) is 1.91. The third kappa shape index (κ3) is 4.05. The number of hydrogen-bond acceptors (Lipinski definition) is 3. The van der Waals surface area contributed by atoms with Gasteiger partial charge < -0.3 is 14.7 Å². The summed E-state index contributed by atoms with van der Waals surface area (Å²) in [5, 5.41) is 9.98. The highest BCUT2D eigenvalue weighted by atomic mass is 19.1. The molecule has 0 bridgehead atoms. The van der Waals surface area contributed by atoms with E-state index in [0.717, 1.165) is 0 Å². The fourth-order valence-corrected chi connectivity index (χ4v) is 1.91. The highest BCUT2D eigenvalue weighted by Gasteiger charge is 2.10. The minimum Gasteiger partial charge on any atom is -0.491 e. The lowest BCUT2D eigenvalue weighted by Crippen LogP contribution is -2.21. The number of ether oxygens (including phenoxy) is 1. The fraction of sp³-hybridized carbons (Fsp3) is 0.235. The lowest BCUT2D eigenvalue weighted by Gasteiger charge is -2.14. The van der Waals surface area contributed by atoms with Gasteiger partial charge in [-0.15, -0.1) is 0 Å². The van der Waals surface area contributed by atoms with E-state index < -0.39 is 6.10 Å². The summed E-state index contributed by atoms with van der Waals surface area (Å²) in [6.07, 6.45) is -0.844. The molecule has 0 saturated heterocycles. The molecule has 0 heterocycles.